The highest BCUT2D eigenvalue weighted by molar-refractivity contribution is 5.61. The van der Waals surface area contributed by atoms with Crippen LogP contribution in [-0.2, 0) is 0 Å². The predicted octanol–water partition coefficient (Wildman–Crippen LogP) is 2.61. The van der Waals surface area contributed by atoms with Crippen LogP contribution < -0.4 is 5.73 Å². The van der Waals surface area contributed by atoms with Gasteiger partial charge in [-0.3, -0.25) is 0 Å². The van der Waals surface area contributed by atoms with Crippen LogP contribution in [0.25, 0.3) is 11.3 Å². The lowest BCUT2D eigenvalue weighted by Crippen LogP contribution is -1.93. The number of hydrogen-bond acceptors (Lipinski definition) is 2. The van der Waals surface area contributed by atoms with Crippen molar-refractivity contribution in [2.75, 3.05) is 5.73 Å². The highest BCUT2D eigenvalue weighted by Gasteiger charge is 2.07. The van der Waals surface area contributed by atoms with E-state index < -0.39 is 11.6 Å². The fraction of sp³-hybridized carbons (Fsp3) is 0. The van der Waals surface area contributed by atoms with Gasteiger partial charge in [-0.15, -0.1) is 0 Å². The number of aromatic nitrogens is 1. The summed E-state index contributed by atoms with van der Waals surface area (Å²) in [5, 5.41) is 0. The van der Waals surface area contributed by atoms with Gasteiger partial charge in [0.15, 0.2) is 0 Å². The zero-order valence-corrected chi connectivity index (χ0v) is 7.74. The topological polar surface area (TPSA) is 38.9 Å². The molecular formula is C11H8F2N2. The van der Waals surface area contributed by atoms with Crippen LogP contribution in [0.2, 0.25) is 0 Å². The van der Waals surface area contributed by atoms with E-state index in [1.165, 1.54) is 12.1 Å². The van der Waals surface area contributed by atoms with Gasteiger partial charge < -0.3 is 5.73 Å². The third kappa shape index (κ3) is 1.93. The summed E-state index contributed by atoms with van der Waals surface area (Å²) in [6.45, 7) is 0. The van der Waals surface area contributed by atoms with Gasteiger partial charge in [0.05, 0.1) is 5.69 Å². The Bertz CT molecular complexity index is 498. The number of nitrogens with two attached hydrogens (primary N) is 1. The summed E-state index contributed by atoms with van der Waals surface area (Å²) in [6.07, 6.45) is 0. The van der Waals surface area contributed by atoms with Gasteiger partial charge in [-0.1, -0.05) is 6.07 Å². The molecule has 2 nitrogen and oxygen atoms in total. The number of anilines is 1. The number of hydrogen-bond donors (Lipinski definition) is 1. The summed E-state index contributed by atoms with van der Waals surface area (Å²) in [5.74, 6) is -0.954. The second-order valence-corrected chi connectivity index (χ2v) is 3.07. The molecule has 0 unspecified atom stereocenters. The molecule has 2 rings (SSSR count). The molecule has 0 atom stereocenters. The maximum atomic E-state index is 13.3. The summed E-state index contributed by atoms with van der Waals surface area (Å²) in [6, 6.07) is 8.23. The zero-order valence-electron chi connectivity index (χ0n) is 7.74. The Hall–Kier alpha value is -1.97. The summed E-state index contributed by atoms with van der Waals surface area (Å²) in [7, 11) is 0. The maximum absolute atomic E-state index is 13.3. The first kappa shape index (κ1) is 9.58. The Morgan fingerprint density at radius 3 is 2.53 bits per heavy atom. The smallest absolute Gasteiger partial charge is 0.135 e. The Kier molecular flexibility index (Phi) is 2.33. The van der Waals surface area contributed by atoms with Crippen molar-refractivity contribution < 1.29 is 8.78 Å². The van der Waals surface area contributed by atoms with Crippen molar-refractivity contribution in [3.63, 3.8) is 0 Å². The minimum atomic E-state index is -0.645. The fourth-order valence-corrected chi connectivity index (χ4v) is 1.30. The number of rotatable bonds is 1. The van der Waals surface area contributed by atoms with Gasteiger partial charge in [-0.25, -0.2) is 13.8 Å². The Morgan fingerprint density at radius 2 is 1.87 bits per heavy atom. The van der Waals surface area contributed by atoms with E-state index in [-0.39, 0.29) is 5.56 Å². The van der Waals surface area contributed by atoms with E-state index in [1.54, 1.807) is 18.2 Å². The molecule has 0 aliphatic carbocycles. The van der Waals surface area contributed by atoms with Crippen molar-refractivity contribution in [3.8, 4) is 11.3 Å². The van der Waals surface area contributed by atoms with Crippen molar-refractivity contribution in [1.82, 2.24) is 4.98 Å². The van der Waals surface area contributed by atoms with Crippen LogP contribution >= 0.6 is 0 Å². The lowest BCUT2D eigenvalue weighted by molar-refractivity contribution is 0.585. The van der Waals surface area contributed by atoms with Gasteiger partial charge in [0, 0.05) is 11.6 Å². The van der Waals surface area contributed by atoms with Gasteiger partial charge in [0.25, 0.3) is 0 Å². The first-order valence-electron chi connectivity index (χ1n) is 4.35. The highest BCUT2D eigenvalue weighted by atomic mass is 19.1. The van der Waals surface area contributed by atoms with E-state index in [9.17, 15) is 8.78 Å². The van der Waals surface area contributed by atoms with Gasteiger partial charge in [-0.2, -0.15) is 0 Å². The Morgan fingerprint density at radius 1 is 1.07 bits per heavy atom. The third-order valence-corrected chi connectivity index (χ3v) is 1.98. The van der Waals surface area contributed by atoms with E-state index in [4.69, 9.17) is 5.73 Å². The zero-order chi connectivity index (χ0) is 10.8. The van der Waals surface area contributed by atoms with E-state index in [2.05, 4.69) is 4.98 Å². The molecule has 2 N–H and O–H groups in total. The van der Waals surface area contributed by atoms with Crippen molar-refractivity contribution in [1.29, 1.82) is 0 Å². The SMILES string of the molecule is Nc1cccc(-c2ccc(F)cc2F)n1. The molecule has 0 amide bonds. The molecule has 2 aromatic rings. The summed E-state index contributed by atoms with van der Waals surface area (Å²) < 4.78 is 26.0. The molecule has 0 fully saturated rings. The molecule has 0 saturated carbocycles. The van der Waals surface area contributed by atoms with Gasteiger partial charge in [0.2, 0.25) is 0 Å². The summed E-state index contributed by atoms with van der Waals surface area (Å²) >= 11 is 0. The second kappa shape index (κ2) is 3.65. The van der Waals surface area contributed by atoms with E-state index in [1.807, 2.05) is 0 Å². The minimum absolute atomic E-state index is 0.240. The van der Waals surface area contributed by atoms with Crippen LogP contribution in [0.1, 0.15) is 0 Å². The van der Waals surface area contributed by atoms with Gasteiger partial charge in [0.1, 0.15) is 17.5 Å². The lowest BCUT2D eigenvalue weighted by atomic mass is 10.1. The van der Waals surface area contributed by atoms with Gasteiger partial charge in [-0.05, 0) is 24.3 Å². The number of halogens is 2. The molecule has 0 aliphatic rings. The van der Waals surface area contributed by atoms with E-state index in [0.717, 1.165) is 6.07 Å². The maximum Gasteiger partial charge on any atom is 0.135 e. The molecule has 0 aliphatic heterocycles. The van der Waals surface area contributed by atoms with Gasteiger partial charge >= 0.3 is 0 Å². The average molecular weight is 206 g/mol. The molecule has 15 heavy (non-hydrogen) atoms. The number of benzene rings is 1. The van der Waals surface area contributed by atoms with Crippen molar-refractivity contribution in [2.24, 2.45) is 0 Å². The van der Waals surface area contributed by atoms with Crippen LogP contribution in [0.3, 0.4) is 0 Å². The van der Waals surface area contributed by atoms with Crippen LogP contribution in [0.15, 0.2) is 36.4 Å². The molecule has 0 spiro atoms. The molecule has 0 bridgehead atoms. The standard InChI is InChI=1S/C11H8F2N2/c12-7-4-5-8(9(13)6-7)10-2-1-3-11(14)15-10/h1-6H,(H2,14,15). The van der Waals surface area contributed by atoms with E-state index >= 15 is 0 Å². The summed E-state index contributed by atoms with van der Waals surface area (Å²) in [5.41, 5.74) is 6.10. The first-order chi connectivity index (χ1) is 7.16. The van der Waals surface area contributed by atoms with Crippen molar-refractivity contribution in [3.05, 3.63) is 48.0 Å². The van der Waals surface area contributed by atoms with Crippen molar-refractivity contribution in [2.45, 2.75) is 0 Å². The Balaban J connectivity index is 2.54. The minimum Gasteiger partial charge on any atom is -0.384 e. The van der Waals surface area contributed by atoms with E-state index in [0.29, 0.717) is 11.5 Å². The molecule has 1 aromatic carbocycles. The molecule has 4 heteroatoms. The molecule has 0 radical (unpaired) electrons. The second-order valence-electron chi connectivity index (χ2n) is 3.07. The number of pyridine rings is 1. The van der Waals surface area contributed by atoms with Crippen LogP contribution in [-0.4, -0.2) is 4.98 Å². The average Bonchev–Trinajstić information content (AvgIpc) is 2.17. The number of nitrogens with zero attached hydrogens (tertiary/aromatic N) is 1. The monoisotopic (exact) mass is 206 g/mol. The van der Waals surface area contributed by atoms with Crippen LogP contribution in [0.5, 0.6) is 0 Å². The normalized spacial score (nSPS) is 10.3. The summed E-state index contributed by atoms with van der Waals surface area (Å²) in [4.78, 5) is 3.95. The molecular weight excluding hydrogens is 198 g/mol. The molecule has 76 valence electrons. The first-order valence-corrected chi connectivity index (χ1v) is 4.35. The molecule has 1 aromatic heterocycles. The number of nitrogen functional groups attached to an aromatic ring is 1. The quantitative estimate of drug-likeness (QED) is 0.778. The highest BCUT2D eigenvalue weighted by Crippen LogP contribution is 2.21. The molecule has 0 saturated heterocycles. The Labute approximate surface area is 85.4 Å². The molecule has 1 heterocycles. The lowest BCUT2D eigenvalue weighted by Gasteiger charge is -2.03. The van der Waals surface area contributed by atoms with Crippen molar-refractivity contribution >= 4 is 5.82 Å². The van der Waals surface area contributed by atoms with Crippen LogP contribution in [0, 0.1) is 11.6 Å². The fourth-order valence-electron chi connectivity index (χ4n) is 1.30. The predicted molar refractivity (Wildman–Crippen MR) is 54.0 cm³/mol. The van der Waals surface area contributed by atoms with Crippen LogP contribution in [0.4, 0.5) is 14.6 Å². The third-order valence-electron chi connectivity index (χ3n) is 1.98. The largest absolute Gasteiger partial charge is 0.384 e.